The van der Waals surface area contributed by atoms with Gasteiger partial charge in [0.15, 0.2) is 0 Å². The van der Waals surface area contributed by atoms with Gasteiger partial charge >= 0.3 is 0 Å². The number of rotatable bonds is 0. The molecule has 2 bridgehead atoms. The van der Waals surface area contributed by atoms with E-state index in [0.717, 1.165) is 17.8 Å². The first kappa shape index (κ1) is 8.10. The molecule has 0 radical (unpaired) electrons. The van der Waals surface area contributed by atoms with E-state index < -0.39 is 0 Å². The zero-order valence-electron chi connectivity index (χ0n) is 7.56. The molecule has 2 aliphatic carbocycles. The number of fused-ring (bicyclic) bond motifs is 2. The van der Waals surface area contributed by atoms with Crippen molar-refractivity contribution in [3.8, 4) is 0 Å². The van der Waals surface area contributed by atoms with Crippen LogP contribution in [0.25, 0.3) is 0 Å². The van der Waals surface area contributed by atoms with Gasteiger partial charge in [-0.25, -0.2) is 0 Å². The maximum atomic E-state index is 2.42. The monoisotopic (exact) mass is 140 g/mol. The smallest absolute Gasteiger partial charge is 0.0386 e. The Morgan fingerprint density at radius 1 is 1.00 bits per heavy atom. The van der Waals surface area contributed by atoms with Gasteiger partial charge < -0.3 is 0 Å². The molecule has 0 spiro atoms. The van der Waals surface area contributed by atoms with Crippen molar-refractivity contribution in [3.63, 3.8) is 0 Å². The molecule has 2 saturated carbocycles. The van der Waals surface area contributed by atoms with Gasteiger partial charge in [0, 0.05) is 0 Å². The van der Waals surface area contributed by atoms with Crippen molar-refractivity contribution in [1.82, 2.24) is 0 Å². The highest BCUT2D eigenvalue weighted by molar-refractivity contribution is 4.87. The highest BCUT2D eigenvalue weighted by atomic mass is 14.4. The van der Waals surface area contributed by atoms with Gasteiger partial charge in [-0.05, 0) is 37.0 Å². The summed E-state index contributed by atoms with van der Waals surface area (Å²) in [6.07, 6.45) is 6.21. The molecule has 0 heteroatoms. The molecule has 0 nitrogen and oxygen atoms in total. The molecule has 0 aliphatic heterocycles. The summed E-state index contributed by atoms with van der Waals surface area (Å²) in [6.45, 7) is 6.42. The Morgan fingerprint density at radius 3 is 1.90 bits per heavy atom. The van der Waals surface area contributed by atoms with Crippen molar-refractivity contribution in [1.29, 1.82) is 0 Å². The molecule has 2 rings (SSSR count). The van der Waals surface area contributed by atoms with Crippen LogP contribution in [0.15, 0.2) is 0 Å². The predicted molar refractivity (Wildman–Crippen MR) is 46.0 cm³/mol. The maximum Gasteiger partial charge on any atom is -0.0386 e. The molecule has 0 heterocycles. The van der Waals surface area contributed by atoms with E-state index in [1.165, 1.54) is 0 Å². The minimum Gasteiger partial charge on any atom is -0.0683 e. The van der Waals surface area contributed by atoms with E-state index >= 15 is 0 Å². The highest BCUT2D eigenvalue weighted by Gasteiger charge is 2.36. The lowest BCUT2D eigenvalue weighted by Crippen LogP contribution is -2.04. The maximum absolute atomic E-state index is 2.42. The average molecular weight is 140 g/mol. The van der Waals surface area contributed by atoms with Crippen LogP contribution in [0.3, 0.4) is 0 Å². The molecule has 2 unspecified atom stereocenters. The lowest BCUT2D eigenvalue weighted by molar-refractivity contribution is 0.360. The molecule has 0 aromatic carbocycles. The molecule has 0 amide bonds. The second-order valence-corrected chi connectivity index (χ2v) is 3.65. The van der Waals surface area contributed by atoms with Gasteiger partial charge in [0.1, 0.15) is 0 Å². The molecular weight excluding hydrogens is 120 g/mol. The zero-order valence-corrected chi connectivity index (χ0v) is 7.56. The van der Waals surface area contributed by atoms with E-state index in [0.29, 0.717) is 0 Å². The lowest BCUT2D eigenvalue weighted by atomic mass is 9.91. The Morgan fingerprint density at radius 2 is 1.70 bits per heavy atom. The minimum absolute atomic E-state index is 1.08. The van der Waals surface area contributed by atoms with Crippen LogP contribution in [0.4, 0.5) is 0 Å². The Hall–Kier alpha value is 0. The van der Waals surface area contributed by atoms with Crippen LogP contribution < -0.4 is 0 Å². The lowest BCUT2D eigenvalue weighted by Gasteiger charge is -2.15. The topological polar surface area (TPSA) is 0 Å². The quantitative estimate of drug-likeness (QED) is 0.483. The van der Waals surface area contributed by atoms with Gasteiger partial charge in [0.2, 0.25) is 0 Å². The van der Waals surface area contributed by atoms with E-state index in [4.69, 9.17) is 0 Å². The van der Waals surface area contributed by atoms with Gasteiger partial charge in [0.05, 0.1) is 0 Å². The summed E-state index contributed by atoms with van der Waals surface area (Å²) >= 11 is 0. The average Bonchev–Trinajstić information content (AvgIpc) is 2.52. The third-order valence-corrected chi connectivity index (χ3v) is 3.09. The fraction of sp³-hybridized carbons (Fsp3) is 1.00. The largest absolute Gasteiger partial charge is 0.0683 e. The molecule has 2 aliphatic rings. The van der Waals surface area contributed by atoms with Crippen LogP contribution in [-0.4, -0.2) is 0 Å². The Labute approximate surface area is 65.0 Å². The van der Waals surface area contributed by atoms with Crippen LogP contribution in [0.5, 0.6) is 0 Å². The van der Waals surface area contributed by atoms with E-state index in [1.807, 2.05) is 13.8 Å². The van der Waals surface area contributed by atoms with Crippen LogP contribution in [-0.2, 0) is 0 Å². The molecule has 0 aromatic heterocycles. The first-order valence-corrected chi connectivity index (χ1v) is 4.86. The van der Waals surface area contributed by atoms with Crippen LogP contribution in [0.1, 0.15) is 46.5 Å². The van der Waals surface area contributed by atoms with E-state index in [-0.39, 0.29) is 0 Å². The van der Waals surface area contributed by atoms with Crippen molar-refractivity contribution in [2.24, 2.45) is 17.8 Å². The van der Waals surface area contributed by atoms with Crippen LogP contribution in [0, 0.1) is 17.8 Å². The zero-order chi connectivity index (χ0) is 7.56. The first-order chi connectivity index (χ1) is 4.86. The standard InChI is InChI=1S/C8H14.C2H6/c1-6-4-7-2-3-8(6)5-7;1-2/h6-8H,2-5H2,1H3;1-2H3/t6?,7-,8?;/m0./s1. The second-order valence-electron chi connectivity index (χ2n) is 3.65. The molecule has 0 saturated heterocycles. The normalized spacial score (nSPS) is 42.9. The summed E-state index contributed by atoms with van der Waals surface area (Å²) in [6, 6.07) is 0. The van der Waals surface area contributed by atoms with Crippen molar-refractivity contribution >= 4 is 0 Å². The van der Waals surface area contributed by atoms with E-state index in [1.54, 1.807) is 25.7 Å². The number of hydrogen-bond donors (Lipinski definition) is 0. The van der Waals surface area contributed by atoms with E-state index in [9.17, 15) is 0 Å². The highest BCUT2D eigenvalue weighted by Crippen LogP contribution is 2.47. The van der Waals surface area contributed by atoms with E-state index in [2.05, 4.69) is 6.92 Å². The third kappa shape index (κ3) is 1.36. The second kappa shape index (κ2) is 3.41. The van der Waals surface area contributed by atoms with Crippen molar-refractivity contribution < 1.29 is 0 Å². The van der Waals surface area contributed by atoms with Crippen molar-refractivity contribution in [2.45, 2.75) is 46.5 Å². The first-order valence-electron chi connectivity index (χ1n) is 4.86. The van der Waals surface area contributed by atoms with Gasteiger partial charge in [-0.2, -0.15) is 0 Å². The number of hydrogen-bond acceptors (Lipinski definition) is 0. The molecular formula is C10H20. The van der Waals surface area contributed by atoms with Crippen LogP contribution >= 0.6 is 0 Å². The molecule has 2 fully saturated rings. The summed E-state index contributed by atoms with van der Waals surface area (Å²) < 4.78 is 0. The van der Waals surface area contributed by atoms with Gasteiger partial charge in [0.25, 0.3) is 0 Å². The SMILES string of the molecule is CC.CC1C[C@@H]2CCC1C2. The summed E-state index contributed by atoms with van der Waals surface area (Å²) in [5.41, 5.74) is 0. The molecule has 10 heavy (non-hydrogen) atoms. The fourth-order valence-corrected chi connectivity index (χ4v) is 2.56. The van der Waals surface area contributed by atoms with Gasteiger partial charge in [-0.3, -0.25) is 0 Å². The third-order valence-electron chi connectivity index (χ3n) is 3.09. The summed E-state index contributed by atoms with van der Waals surface area (Å²) in [5, 5.41) is 0. The fourth-order valence-electron chi connectivity index (χ4n) is 2.56. The predicted octanol–water partition coefficient (Wildman–Crippen LogP) is 3.47. The minimum atomic E-state index is 1.08. The summed E-state index contributed by atoms with van der Waals surface area (Å²) in [5.74, 6) is 3.36. The Balaban J connectivity index is 0.000000231. The molecule has 3 atom stereocenters. The molecule has 0 N–H and O–H groups in total. The summed E-state index contributed by atoms with van der Waals surface area (Å²) in [4.78, 5) is 0. The van der Waals surface area contributed by atoms with Gasteiger partial charge in [-0.1, -0.05) is 27.2 Å². The molecule has 0 aromatic rings. The van der Waals surface area contributed by atoms with Crippen molar-refractivity contribution in [3.05, 3.63) is 0 Å². The van der Waals surface area contributed by atoms with Crippen LogP contribution in [0.2, 0.25) is 0 Å². The summed E-state index contributed by atoms with van der Waals surface area (Å²) in [7, 11) is 0. The molecule has 60 valence electrons. The Bertz CT molecular complexity index is 94.2. The Kier molecular flexibility index (Phi) is 2.76. The van der Waals surface area contributed by atoms with Crippen molar-refractivity contribution in [2.75, 3.05) is 0 Å². The van der Waals surface area contributed by atoms with Gasteiger partial charge in [-0.15, -0.1) is 0 Å².